The summed E-state index contributed by atoms with van der Waals surface area (Å²) in [7, 11) is 3.98. The molecule has 1 N–H and O–H groups in total. The largest absolute Gasteiger partial charge is 0.368 e. The van der Waals surface area contributed by atoms with Crippen molar-refractivity contribution in [1.82, 2.24) is 15.2 Å². The fraction of sp³-hybridized carbons (Fsp3) is 0.400. The number of anilines is 2. The number of rotatable bonds is 6. The van der Waals surface area contributed by atoms with Gasteiger partial charge in [0, 0.05) is 51.2 Å². The number of amides is 1. The van der Waals surface area contributed by atoms with E-state index in [4.69, 9.17) is 0 Å². The van der Waals surface area contributed by atoms with Crippen LogP contribution in [0.1, 0.15) is 10.4 Å². The molecule has 3 rings (SSSR count). The van der Waals surface area contributed by atoms with Gasteiger partial charge in [0.15, 0.2) is 0 Å². The summed E-state index contributed by atoms with van der Waals surface area (Å²) in [5.41, 5.74) is 2.89. The Morgan fingerprint density at radius 3 is 2.35 bits per heavy atom. The lowest BCUT2D eigenvalue weighted by molar-refractivity contribution is 0.0950. The van der Waals surface area contributed by atoms with Gasteiger partial charge in [0.05, 0.1) is 17.4 Å². The van der Waals surface area contributed by atoms with Gasteiger partial charge in [0.1, 0.15) is 0 Å². The van der Waals surface area contributed by atoms with E-state index in [-0.39, 0.29) is 5.91 Å². The van der Waals surface area contributed by atoms with E-state index in [1.807, 2.05) is 37.3 Å². The van der Waals surface area contributed by atoms with Crippen LogP contribution in [0.25, 0.3) is 0 Å². The first-order chi connectivity index (χ1) is 12.6. The molecule has 1 aliphatic rings. The summed E-state index contributed by atoms with van der Waals surface area (Å²) in [4.78, 5) is 23.3. The molecular formula is C20H27N5O. The second kappa shape index (κ2) is 8.67. The molecule has 0 bridgehead atoms. The van der Waals surface area contributed by atoms with Crippen molar-refractivity contribution in [2.75, 3.05) is 63.2 Å². The Morgan fingerprint density at radius 1 is 1.04 bits per heavy atom. The topological polar surface area (TPSA) is 51.7 Å². The number of hydrogen-bond donors (Lipinski definition) is 1. The normalized spacial score (nSPS) is 14.6. The minimum atomic E-state index is -0.0656. The smallest absolute Gasteiger partial charge is 0.252 e. The summed E-state index contributed by atoms with van der Waals surface area (Å²) in [5, 5.41) is 2.94. The lowest BCUT2D eigenvalue weighted by atomic mass is 10.2. The average molecular weight is 353 g/mol. The second-order valence-electron chi connectivity index (χ2n) is 6.80. The van der Waals surface area contributed by atoms with Crippen molar-refractivity contribution < 1.29 is 4.79 Å². The Bertz CT molecular complexity index is 711. The number of benzene rings is 1. The Labute approximate surface area is 155 Å². The van der Waals surface area contributed by atoms with Crippen LogP contribution in [0.2, 0.25) is 0 Å². The highest BCUT2D eigenvalue weighted by Gasteiger charge is 2.18. The van der Waals surface area contributed by atoms with Crippen molar-refractivity contribution in [3.63, 3.8) is 0 Å². The van der Waals surface area contributed by atoms with Crippen LogP contribution in [0.15, 0.2) is 48.8 Å². The summed E-state index contributed by atoms with van der Waals surface area (Å²) in [6.45, 7) is 5.21. The number of pyridine rings is 1. The number of aromatic nitrogens is 1. The van der Waals surface area contributed by atoms with Gasteiger partial charge in [-0.05, 0) is 32.3 Å². The van der Waals surface area contributed by atoms with Gasteiger partial charge in [-0.25, -0.2) is 0 Å². The van der Waals surface area contributed by atoms with Crippen LogP contribution in [0.3, 0.4) is 0 Å². The van der Waals surface area contributed by atoms with Gasteiger partial charge in [-0.3, -0.25) is 9.78 Å². The minimum absolute atomic E-state index is 0.0656. The Morgan fingerprint density at radius 2 is 1.69 bits per heavy atom. The summed E-state index contributed by atoms with van der Waals surface area (Å²) in [6, 6.07) is 12.4. The monoisotopic (exact) mass is 353 g/mol. The van der Waals surface area contributed by atoms with E-state index in [0.717, 1.165) is 38.4 Å². The Hall–Kier alpha value is -2.60. The minimum Gasteiger partial charge on any atom is -0.368 e. The molecule has 1 saturated heterocycles. The molecule has 2 heterocycles. The fourth-order valence-corrected chi connectivity index (χ4v) is 3.08. The molecular weight excluding hydrogens is 326 g/mol. The Balaban J connectivity index is 1.58. The molecule has 0 spiro atoms. The van der Waals surface area contributed by atoms with Gasteiger partial charge >= 0.3 is 0 Å². The zero-order valence-corrected chi connectivity index (χ0v) is 15.6. The quantitative estimate of drug-likeness (QED) is 0.857. The summed E-state index contributed by atoms with van der Waals surface area (Å²) in [5.74, 6) is -0.0656. The van der Waals surface area contributed by atoms with Crippen molar-refractivity contribution in [2.45, 2.75) is 0 Å². The third kappa shape index (κ3) is 4.73. The van der Waals surface area contributed by atoms with Crippen LogP contribution in [0.5, 0.6) is 0 Å². The van der Waals surface area contributed by atoms with E-state index in [2.05, 4.69) is 44.4 Å². The van der Waals surface area contributed by atoms with Crippen LogP contribution < -0.4 is 15.1 Å². The van der Waals surface area contributed by atoms with Crippen LogP contribution in [-0.4, -0.2) is 69.2 Å². The number of nitrogens with zero attached hydrogens (tertiary/aromatic N) is 4. The van der Waals surface area contributed by atoms with Crippen molar-refractivity contribution >= 4 is 17.3 Å². The number of carbonyl (C=O) groups is 1. The van der Waals surface area contributed by atoms with E-state index in [1.165, 1.54) is 5.69 Å². The first kappa shape index (κ1) is 18.2. The number of piperazine rings is 1. The third-order valence-electron chi connectivity index (χ3n) is 4.60. The number of hydrogen-bond acceptors (Lipinski definition) is 5. The molecule has 1 fully saturated rings. The first-order valence-electron chi connectivity index (χ1n) is 9.06. The van der Waals surface area contributed by atoms with Crippen LogP contribution in [0, 0.1) is 0 Å². The lowest BCUT2D eigenvalue weighted by Gasteiger charge is -2.37. The predicted octanol–water partition coefficient (Wildman–Crippen LogP) is 1.70. The van der Waals surface area contributed by atoms with Gasteiger partial charge in [-0.1, -0.05) is 18.2 Å². The van der Waals surface area contributed by atoms with Crippen LogP contribution >= 0.6 is 0 Å². The van der Waals surface area contributed by atoms with E-state index in [9.17, 15) is 4.79 Å². The summed E-state index contributed by atoms with van der Waals surface area (Å²) < 4.78 is 0. The Kier molecular flexibility index (Phi) is 6.07. The lowest BCUT2D eigenvalue weighted by Crippen LogP contribution is -2.46. The van der Waals surface area contributed by atoms with Crippen LogP contribution in [0.4, 0.5) is 11.4 Å². The van der Waals surface area contributed by atoms with Gasteiger partial charge in [-0.2, -0.15) is 0 Å². The second-order valence-corrected chi connectivity index (χ2v) is 6.80. The molecule has 26 heavy (non-hydrogen) atoms. The first-order valence-corrected chi connectivity index (χ1v) is 9.06. The molecule has 0 unspecified atom stereocenters. The number of nitrogens with one attached hydrogen (secondary N) is 1. The zero-order valence-electron chi connectivity index (χ0n) is 15.6. The van der Waals surface area contributed by atoms with Gasteiger partial charge in [-0.15, -0.1) is 0 Å². The maximum Gasteiger partial charge on any atom is 0.252 e. The zero-order chi connectivity index (χ0) is 18.4. The molecule has 138 valence electrons. The molecule has 0 saturated carbocycles. The van der Waals surface area contributed by atoms with Gasteiger partial charge in [0.2, 0.25) is 0 Å². The maximum absolute atomic E-state index is 12.3. The third-order valence-corrected chi connectivity index (χ3v) is 4.60. The SMILES string of the molecule is CN(C)CCNC(=O)c1cncc(N2CCN(c3ccccc3)CC2)c1. The molecule has 1 aromatic heterocycles. The molecule has 2 aromatic rings. The molecule has 6 heteroatoms. The van der Waals surface area contributed by atoms with E-state index < -0.39 is 0 Å². The highest BCUT2D eigenvalue weighted by Crippen LogP contribution is 2.20. The van der Waals surface area contributed by atoms with Gasteiger partial charge in [0.25, 0.3) is 5.91 Å². The van der Waals surface area contributed by atoms with Crippen molar-refractivity contribution in [3.05, 3.63) is 54.4 Å². The molecule has 0 aliphatic carbocycles. The standard InChI is InChI=1S/C20H27N5O/c1-23(2)9-8-22-20(26)17-14-19(16-21-15-17)25-12-10-24(11-13-25)18-6-4-3-5-7-18/h3-7,14-16H,8-13H2,1-2H3,(H,22,26). The average Bonchev–Trinajstić information content (AvgIpc) is 2.68. The van der Waals surface area contributed by atoms with Crippen molar-refractivity contribution in [2.24, 2.45) is 0 Å². The molecule has 0 radical (unpaired) electrons. The summed E-state index contributed by atoms with van der Waals surface area (Å²) in [6.07, 6.45) is 3.48. The van der Waals surface area contributed by atoms with Gasteiger partial charge < -0.3 is 20.0 Å². The number of likely N-dealkylation sites (N-methyl/N-ethyl adjacent to an activating group) is 1. The maximum atomic E-state index is 12.3. The molecule has 1 amide bonds. The van der Waals surface area contributed by atoms with Crippen LogP contribution in [-0.2, 0) is 0 Å². The predicted molar refractivity (Wildman–Crippen MR) is 106 cm³/mol. The van der Waals surface area contributed by atoms with E-state index in [1.54, 1.807) is 6.20 Å². The fourth-order valence-electron chi connectivity index (χ4n) is 3.08. The van der Waals surface area contributed by atoms with E-state index in [0.29, 0.717) is 12.1 Å². The molecule has 6 nitrogen and oxygen atoms in total. The van der Waals surface area contributed by atoms with Crippen molar-refractivity contribution in [1.29, 1.82) is 0 Å². The van der Waals surface area contributed by atoms with Crippen molar-refractivity contribution in [3.8, 4) is 0 Å². The molecule has 1 aliphatic heterocycles. The highest BCUT2D eigenvalue weighted by molar-refractivity contribution is 5.94. The van der Waals surface area contributed by atoms with E-state index >= 15 is 0 Å². The highest BCUT2D eigenvalue weighted by atomic mass is 16.1. The molecule has 1 aromatic carbocycles. The number of para-hydroxylation sites is 1. The molecule has 0 atom stereocenters. The number of carbonyl (C=O) groups excluding carboxylic acids is 1. The summed E-state index contributed by atoms with van der Waals surface area (Å²) >= 11 is 0.